The zero-order chi connectivity index (χ0) is 49.2. The monoisotopic (exact) mass is 968 g/mol. The van der Waals surface area contributed by atoms with E-state index in [9.17, 15) is 0 Å². The van der Waals surface area contributed by atoms with Crippen LogP contribution in [-0.2, 0) is 0 Å². The van der Waals surface area contributed by atoms with Gasteiger partial charge in [-0.15, -0.1) is 0 Å². The fraction of sp³-hybridized carbons (Fsp3) is 0. The lowest BCUT2D eigenvalue weighted by atomic mass is 9.95. The van der Waals surface area contributed by atoms with E-state index >= 15 is 0 Å². The van der Waals surface area contributed by atoms with Crippen molar-refractivity contribution in [1.82, 2.24) is 9.97 Å². The van der Waals surface area contributed by atoms with E-state index in [1.54, 1.807) is 0 Å². The van der Waals surface area contributed by atoms with E-state index < -0.39 is 8.07 Å². The van der Waals surface area contributed by atoms with E-state index in [0.29, 0.717) is 0 Å². The first-order chi connectivity index (χ1) is 37.2. The largest absolute Gasteiger partial charge is 0.309 e. The van der Waals surface area contributed by atoms with Crippen LogP contribution in [0.4, 0.5) is 34.1 Å². The standard InChI is InChI=1S/C70H44N4Si/c1-2-14-52-51(13-1)55-17-5-9-21-63(55)73(64-22-10-6-18-56(52)64)49-27-31-61-62-32-28-50(74-65-23-11-7-19-57(65)53-15-3-4-16-54(53)58-20-8-12-24-66(58)74)44-70(62)75(69(61)43-49)67-41-47(45-33-37-71-38-34-45)25-29-59(67)60-30-26-48(42-68(60)75)46-35-39-72-40-36-46/h1-44H. The molecule has 0 aliphatic carbocycles. The second kappa shape index (κ2) is 16.2. The van der Waals surface area contributed by atoms with Crippen LogP contribution in [0.1, 0.15) is 0 Å². The summed E-state index contributed by atoms with van der Waals surface area (Å²) >= 11 is 0. The van der Waals surface area contributed by atoms with Crippen LogP contribution < -0.4 is 30.5 Å². The van der Waals surface area contributed by atoms with Gasteiger partial charge in [-0.05, 0) is 160 Å². The summed E-state index contributed by atoms with van der Waals surface area (Å²) in [6.45, 7) is 0. The number of nitrogens with zero attached hydrogens (tertiary/aromatic N) is 4. The van der Waals surface area contributed by atoms with Gasteiger partial charge in [-0.25, -0.2) is 0 Å². The van der Waals surface area contributed by atoms with Gasteiger partial charge in [-0.2, -0.15) is 0 Å². The van der Waals surface area contributed by atoms with Crippen LogP contribution in [0.25, 0.3) is 89.0 Å². The Hall–Kier alpha value is -9.68. The Kier molecular flexibility index (Phi) is 9.02. The molecular weight excluding hydrogens is 925 g/mol. The van der Waals surface area contributed by atoms with Crippen LogP contribution >= 0.6 is 0 Å². The first-order valence-electron chi connectivity index (χ1n) is 25.8. The number of rotatable bonds is 4. The molecule has 0 saturated heterocycles. The Labute approximate surface area is 436 Å². The van der Waals surface area contributed by atoms with Gasteiger partial charge in [0, 0.05) is 58.4 Å². The van der Waals surface area contributed by atoms with E-state index in [0.717, 1.165) is 45.3 Å². The van der Waals surface area contributed by atoms with Crippen molar-refractivity contribution in [3.63, 3.8) is 0 Å². The summed E-state index contributed by atoms with van der Waals surface area (Å²) in [6, 6.07) is 91.5. The average Bonchev–Trinajstić information content (AvgIpc) is 3.84. The van der Waals surface area contributed by atoms with Crippen molar-refractivity contribution >= 4 is 62.9 Å². The zero-order valence-corrected chi connectivity index (χ0v) is 41.7. The van der Waals surface area contributed by atoms with Crippen molar-refractivity contribution in [3.05, 3.63) is 267 Å². The number of benzene rings is 10. The zero-order valence-electron chi connectivity index (χ0n) is 40.7. The molecule has 0 amide bonds. The molecular formula is C70H44N4Si. The van der Waals surface area contributed by atoms with Gasteiger partial charge in [0.1, 0.15) is 0 Å². The molecule has 4 nitrogen and oxygen atoms in total. The summed E-state index contributed by atoms with van der Waals surface area (Å²) in [5.74, 6) is 0. The van der Waals surface area contributed by atoms with Gasteiger partial charge < -0.3 is 9.80 Å². The van der Waals surface area contributed by atoms with Gasteiger partial charge in [-0.1, -0.05) is 170 Å². The molecule has 0 unspecified atom stereocenters. The molecule has 0 saturated carbocycles. The molecule has 10 aromatic carbocycles. The summed E-state index contributed by atoms with van der Waals surface area (Å²) in [4.78, 5) is 14.0. The summed E-state index contributed by atoms with van der Waals surface area (Å²) in [5.41, 5.74) is 26.6. The fourth-order valence-electron chi connectivity index (χ4n) is 13.2. The number of anilines is 6. The normalized spacial score (nSPS) is 13.4. The van der Waals surface area contributed by atoms with Gasteiger partial charge in [0.05, 0.1) is 22.7 Å². The van der Waals surface area contributed by atoms with Gasteiger partial charge >= 0.3 is 0 Å². The smallest absolute Gasteiger partial charge is 0.182 e. The first-order valence-corrected chi connectivity index (χ1v) is 27.8. The second-order valence-electron chi connectivity index (χ2n) is 20.0. The molecule has 0 radical (unpaired) electrons. The predicted octanol–water partition coefficient (Wildman–Crippen LogP) is 15.4. The topological polar surface area (TPSA) is 32.3 Å². The maximum absolute atomic E-state index is 4.45. The van der Waals surface area contributed by atoms with Crippen molar-refractivity contribution in [3.8, 4) is 89.0 Å². The molecule has 0 bridgehead atoms. The van der Waals surface area contributed by atoms with Gasteiger partial charge in [0.25, 0.3) is 0 Å². The van der Waals surface area contributed by atoms with E-state index in [1.165, 1.54) is 98.6 Å². The lowest BCUT2D eigenvalue weighted by Crippen LogP contribution is -2.70. The Morgan fingerprint density at radius 2 is 0.507 bits per heavy atom. The van der Waals surface area contributed by atoms with Crippen molar-refractivity contribution < 1.29 is 0 Å². The summed E-state index contributed by atoms with van der Waals surface area (Å²) in [6.07, 6.45) is 7.64. The lowest BCUT2D eigenvalue weighted by Gasteiger charge is -2.32. The molecule has 0 N–H and O–H groups in total. The molecule has 16 rings (SSSR count). The first kappa shape index (κ1) is 41.9. The van der Waals surface area contributed by atoms with E-state index in [1.807, 2.05) is 24.8 Å². The molecule has 0 atom stereocenters. The predicted molar refractivity (Wildman–Crippen MR) is 313 cm³/mol. The molecule has 5 heteroatoms. The molecule has 0 fully saturated rings. The number of hydrogen-bond donors (Lipinski definition) is 0. The van der Waals surface area contributed by atoms with Crippen LogP contribution in [0.3, 0.4) is 0 Å². The number of aromatic nitrogens is 2. The van der Waals surface area contributed by atoms with Gasteiger partial charge in [-0.3, -0.25) is 9.97 Å². The second-order valence-corrected chi connectivity index (χ2v) is 23.7. The highest BCUT2D eigenvalue weighted by Crippen LogP contribution is 2.53. The summed E-state index contributed by atoms with van der Waals surface area (Å²) < 4.78 is 0. The van der Waals surface area contributed by atoms with Crippen LogP contribution in [0.2, 0.25) is 0 Å². The van der Waals surface area contributed by atoms with Crippen LogP contribution in [0, 0.1) is 0 Å². The Morgan fingerprint density at radius 3 is 0.840 bits per heavy atom. The molecule has 2 aromatic heterocycles. The van der Waals surface area contributed by atoms with Crippen LogP contribution in [0.5, 0.6) is 0 Å². The Balaban J connectivity index is 1.01. The maximum Gasteiger partial charge on any atom is 0.182 e. The minimum atomic E-state index is -3.27. The maximum atomic E-state index is 4.45. The van der Waals surface area contributed by atoms with Gasteiger partial charge in [0.2, 0.25) is 0 Å². The number of hydrogen-bond acceptors (Lipinski definition) is 4. The van der Waals surface area contributed by atoms with Crippen LogP contribution in [0.15, 0.2) is 267 Å². The van der Waals surface area contributed by atoms with E-state index in [2.05, 4.69) is 262 Å². The van der Waals surface area contributed by atoms with Gasteiger partial charge in [0.15, 0.2) is 8.07 Å². The van der Waals surface area contributed by atoms with Crippen molar-refractivity contribution in [1.29, 1.82) is 0 Å². The molecule has 4 aliphatic rings. The molecule has 1 spiro atoms. The quantitative estimate of drug-likeness (QED) is 0.165. The summed E-state index contributed by atoms with van der Waals surface area (Å²) in [5, 5.41) is 5.60. The highest BCUT2D eigenvalue weighted by atomic mass is 28.3. The molecule has 75 heavy (non-hydrogen) atoms. The third-order valence-electron chi connectivity index (χ3n) is 16.4. The molecule has 4 aliphatic heterocycles. The minimum Gasteiger partial charge on any atom is -0.309 e. The van der Waals surface area contributed by atoms with E-state index in [4.69, 9.17) is 0 Å². The number of para-hydroxylation sites is 4. The van der Waals surface area contributed by atoms with Crippen molar-refractivity contribution in [2.75, 3.05) is 9.80 Å². The van der Waals surface area contributed by atoms with Crippen molar-refractivity contribution in [2.24, 2.45) is 0 Å². The average molecular weight is 969 g/mol. The van der Waals surface area contributed by atoms with Crippen molar-refractivity contribution in [2.45, 2.75) is 0 Å². The van der Waals surface area contributed by atoms with Crippen LogP contribution in [-0.4, -0.2) is 18.0 Å². The minimum absolute atomic E-state index is 1.14. The number of pyridine rings is 2. The third kappa shape index (κ3) is 5.98. The third-order valence-corrected chi connectivity index (χ3v) is 21.3. The number of fused-ring (bicyclic) bond motifs is 20. The highest BCUT2D eigenvalue weighted by Gasteiger charge is 2.55. The lowest BCUT2D eigenvalue weighted by molar-refractivity contribution is 1.30. The Morgan fingerprint density at radius 1 is 0.227 bits per heavy atom. The Bertz CT molecular complexity index is 3920. The molecule has 348 valence electrons. The SMILES string of the molecule is c1ccc2c(c1)-c1ccccc1N(c1ccc3c(c1)[Si]1(c4cc(-c5ccncc5)ccc4-c4ccc(-c5ccncc5)cc41)c1cc(N4c5ccccc5-c5ccccc5-c5ccccc54)ccc1-3)c1ccccc1-2. The molecule has 12 aromatic rings. The van der Waals surface area contributed by atoms with E-state index in [-0.39, 0.29) is 0 Å². The highest BCUT2D eigenvalue weighted by molar-refractivity contribution is 7.24. The molecule has 6 heterocycles. The summed E-state index contributed by atoms with van der Waals surface area (Å²) in [7, 11) is -3.27. The fourth-order valence-corrected chi connectivity index (χ4v) is 18.9.